The van der Waals surface area contributed by atoms with Crippen LogP contribution in [0.5, 0.6) is 0 Å². The van der Waals surface area contributed by atoms with Crippen molar-refractivity contribution >= 4 is 23.2 Å². The molecule has 2 aromatic heterocycles. The molecule has 0 saturated heterocycles. The molecular formula is C22H25N5O4. The van der Waals surface area contributed by atoms with E-state index in [2.05, 4.69) is 20.8 Å². The van der Waals surface area contributed by atoms with E-state index in [4.69, 9.17) is 4.52 Å². The number of amides is 2. The first-order chi connectivity index (χ1) is 14.7. The third-order valence-corrected chi connectivity index (χ3v) is 4.60. The summed E-state index contributed by atoms with van der Waals surface area (Å²) in [5.74, 6) is 0.111. The monoisotopic (exact) mass is 423 g/mol. The number of pyridine rings is 1. The second-order valence-electron chi connectivity index (χ2n) is 7.48. The van der Waals surface area contributed by atoms with Crippen molar-refractivity contribution in [2.75, 3.05) is 10.6 Å². The zero-order valence-corrected chi connectivity index (χ0v) is 17.9. The molecule has 0 unspecified atom stereocenters. The van der Waals surface area contributed by atoms with Gasteiger partial charge in [0, 0.05) is 42.9 Å². The normalized spacial score (nSPS) is 10.9. The highest BCUT2D eigenvalue weighted by atomic mass is 16.5. The maximum atomic E-state index is 12.7. The summed E-state index contributed by atoms with van der Waals surface area (Å²) in [6.45, 7) is 7.17. The van der Waals surface area contributed by atoms with E-state index in [1.807, 2.05) is 26.8 Å². The van der Waals surface area contributed by atoms with Gasteiger partial charge in [-0.05, 0) is 57.2 Å². The van der Waals surface area contributed by atoms with E-state index in [0.717, 1.165) is 5.69 Å². The Kier molecular flexibility index (Phi) is 6.64. The number of rotatable bonds is 7. The largest absolute Gasteiger partial charge is 0.339 e. The van der Waals surface area contributed by atoms with Gasteiger partial charge in [0.1, 0.15) is 0 Å². The fourth-order valence-corrected chi connectivity index (χ4v) is 3.21. The molecule has 2 heterocycles. The van der Waals surface area contributed by atoms with Gasteiger partial charge in [0.15, 0.2) is 0 Å². The summed E-state index contributed by atoms with van der Waals surface area (Å²) >= 11 is 0. The minimum atomic E-state index is -0.218. The standard InChI is InChI=1S/C22H25N5O4/c1-13(2)27-14(3)5-10-18(22(27)30)21-25-20(31-26-21)12-11-19(29)24-17-8-6-16(7-9-17)23-15(4)28/h5-10,13H,11-12H2,1-4H3,(H,23,28)(H,24,29). The van der Waals surface area contributed by atoms with Gasteiger partial charge in [0.25, 0.3) is 5.56 Å². The molecule has 0 radical (unpaired) electrons. The number of carbonyl (C=O) groups is 2. The fourth-order valence-electron chi connectivity index (χ4n) is 3.21. The van der Waals surface area contributed by atoms with E-state index in [-0.39, 0.29) is 48.0 Å². The molecule has 9 heteroatoms. The summed E-state index contributed by atoms with van der Waals surface area (Å²) in [6.07, 6.45) is 0.381. The molecule has 0 spiro atoms. The average molecular weight is 423 g/mol. The van der Waals surface area contributed by atoms with Gasteiger partial charge in [-0.1, -0.05) is 5.16 Å². The van der Waals surface area contributed by atoms with E-state index in [0.29, 0.717) is 16.9 Å². The third-order valence-electron chi connectivity index (χ3n) is 4.60. The predicted molar refractivity (Wildman–Crippen MR) is 117 cm³/mol. The summed E-state index contributed by atoms with van der Waals surface area (Å²) in [5, 5.41) is 9.34. The molecule has 162 valence electrons. The van der Waals surface area contributed by atoms with Crippen molar-refractivity contribution in [2.24, 2.45) is 0 Å². The third kappa shape index (κ3) is 5.44. The van der Waals surface area contributed by atoms with Crippen molar-refractivity contribution in [2.45, 2.75) is 46.6 Å². The molecule has 0 saturated carbocycles. The van der Waals surface area contributed by atoms with Gasteiger partial charge in [-0.2, -0.15) is 4.98 Å². The molecule has 0 atom stereocenters. The number of benzene rings is 1. The number of nitrogens with one attached hydrogen (secondary N) is 2. The minimum absolute atomic E-state index is 0.00910. The molecule has 0 aliphatic carbocycles. The number of hydrogen-bond donors (Lipinski definition) is 2. The van der Waals surface area contributed by atoms with Gasteiger partial charge in [0.05, 0.1) is 5.56 Å². The second-order valence-corrected chi connectivity index (χ2v) is 7.48. The Balaban J connectivity index is 1.62. The first kappa shape index (κ1) is 21.9. The van der Waals surface area contributed by atoms with Crippen LogP contribution < -0.4 is 16.2 Å². The summed E-state index contributed by atoms with van der Waals surface area (Å²) in [7, 11) is 0. The van der Waals surface area contributed by atoms with Crippen LogP contribution in [0.15, 0.2) is 45.7 Å². The van der Waals surface area contributed by atoms with Crippen molar-refractivity contribution < 1.29 is 14.1 Å². The van der Waals surface area contributed by atoms with E-state index < -0.39 is 0 Å². The van der Waals surface area contributed by atoms with Crippen molar-refractivity contribution in [1.29, 1.82) is 0 Å². The van der Waals surface area contributed by atoms with E-state index in [1.54, 1.807) is 34.9 Å². The lowest BCUT2D eigenvalue weighted by Gasteiger charge is -2.14. The fraction of sp³-hybridized carbons (Fsp3) is 0.318. The van der Waals surface area contributed by atoms with Crippen LogP contribution in [0.1, 0.15) is 44.8 Å². The van der Waals surface area contributed by atoms with Crippen molar-refractivity contribution in [3.05, 3.63) is 58.3 Å². The van der Waals surface area contributed by atoms with Crippen LogP contribution in [0.4, 0.5) is 11.4 Å². The van der Waals surface area contributed by atoms with E-state index in [1.165, 1.54) is 6.92 Å². The summed E-state index contributed by atoms with van der Waals surface area (Å²) < 4.78 is 6.91. The zero-order chi connectivity index (χ0) is 22.5. The molecule has 0 aliphatic heterocycles. The Hall–Kier alpha value is -3.75. The van der Waals surface area contributed by atoms with Gasteiger partial charge >= 0.3 is 0 Å². The molecule has 0 aliphatic rings. The van der Waals surface area contributed by atoms with Gasteiger partial charge in [0.2, 0.25) is 23.5 Å². The lowest BCUT2D eigenvalue weighted by atomic mass is 10.2. The number of nitrogens with zero attached hydrogens (tertiary/aromatic N) is 3. The van der Waals surface area contributed by atoms with Crippen LogP contribution in [0, 0.1) is 6.92 Å². The number of carbonyl (C=O) groups excluding carboxylic acids is 2. The quantitative estimate of drug-likeness (QED) is 0.602. The minimum Gasteiger partial charge on any atom is -0.339 e. The van der Waals surface area contributed by atoms with Crippen LogP contribution in [0.25, 0.3) is 11.4 Å². The second kappa shape index (κ2) is 9.38. The maximum Gasteiger partial charge on any atom is 0.262 e. The lowest BCUT2D eigenvalue weighted by molar-refractivity contribution is -0.116. The summed E-state index contributed by atoms with van der Waals surface area (Å²) in [4.78, 5) is 40.3. The Morgan fingerprint density at radius 1 is 1.06 bits per heavy atom. The molecule has 1 aromatic carbocycles. The number of hydrogen-bond acceptors (Lipinski definition) is 6. The first-order valence-corrected chi connectivity index (χ1v) is 9.97. The van der Waals surface area contributed by atoms with Crippen molar-refractivity contribution in [3.63, 3.8) is 0 Å². The van der Waals surface area contributed by atoms with Crippen LogP contribution in [0.3, 0.4) is 0 Å². The molecule has 31 heavy (non-hydrogen) atoms. The Bertz CT molecular complexity index is 1150. The number of aromatic nitrogens is 3. The molecular weight excluding hydrogens is 398 g/mol. The molecule has 2 amide bonds. The van der Waals surface area contributed by atoms with Crippen LogP contribution in [-0.4, -0.2) is 26.5 Å². The average Bonchev–Trinajstić information content (AvgIpc) is 3.16. The Morgan fingerprint density at radius 2 is 1.71 bits per heavy atom. The zero-order valence-electron chi connectivity index (χ0n) is 17.9. The van der Waals surface area contributed by atoms with E-state index in [9.17, 15) is 14.4 Å². The highest BCUT2D eigenvalue weighted by Crippen LogP contribution is 2.16. The van der Waals surface area contributed by atoms with Crippen LogP contribution in [-0.2, 0) is 16.0 Å². The molecule has 2 N–H and O–H groups in total. The summed E-state index contributed by atoms with van der Waals surface area (Å²) in [6, 6.07) is 10.3. The lowest BCUT2D eigenvalue weighted by Crippen LogP contribution is -2.25. The molecule has 3 aromatic rings. The maximum absolute atomic E-state index is 12.7. The van der Waals surface area contributed by atoms with Gasteiger partial charge in [-0.15, -0.1) is 0 Å². The molecule has 0 bridgehead atoms. The van der Waals surface area contributed by atoms with Gasteiger partial charge in [-0.25, -0.2) is 0 Å². The topological polar surface area (TPSA) is 119 Å². The molecule has 9 nitrogen and oxygen atoms in total. The van der Waals surface area contributed by atoms with Crippen molar-refractivity contribution in [1.82, 2.24) is 14.7 Å². The smallest absolute Gasteiger partial charge is 0.262 e. The Labute approximate surface area is 179 Å². The number of aryl methyl sites for hydroxylation is 2. The SMILES string of the molecule is CC(=O)Nc1ccc(NC(=O)CCc2nc(-c3ccc(C)n(C(C)C)c3=O)no2)cc1. The van der Waals surface area contributed by atoms with Crippen molar-refractivity contribution in [3.8, 4) is 11.4 Å². The number of anilines is 2. The first-order valence-electron chi connectivity index (χ1n) is 9.97. The highest BCUT2D eigenvalue weighted by molar-refractivity contribution is 5.92. The predicted octanol–water partition coefficient (Wildman–Crippen LogP) is 3.32. The Morgan fingerprint density at radius 3 is 2.32 bits per heavy atom. The van der Waals surface area contributed by atoms with Crippen LogP contribution >= 0.6 is 0 Å². The molecule has 3 rings (SSSR count). The van der Waals surface area contributed by atoms with Crippen LogP contribution in [0.2, 0.25) is 0 Å². The van der Waals surface area contributed by atoms with Gasteiger partial charge in [-0.3, -0.25) is 14.4 Å². The highest BCUT2D eigenvalue weighted by Gasteiger charge is 2.16. The summed E-state index contributed by atoms with van der Waals surface area (Å²) in [5.41, 5.74) is 2.30. The molecule has 0 fully saturated rings. The van der Waals surface area contributed by atoms with E-state index >= 15 is 0 Å². The van der Waals surface area contributed by atoms with Gasteiger partial charge < -0.3 is 19.7 Å².